The number of fused-ring (bicyclic) bond motifs is 8. The summed E-state index contributed by atoms with van der Waals surface area (Å²) in [6, 6.07) is 6.01. The minimum atomic E-state index is -3.00. The quantitative estimate of drug-likeness (QED) is 0.0668. The van der Waals surface area contributed by atoms with E-state index in [0.717, 1.165) is 18.2 Å². The number of carbonyl (C=O) groups excluding carboxylic acids is 5. The molecule has 4 heterocycles. The molecule has 7 aromatic carbocycles. The van der Waals surface area contributed by atoms with Crippen LogP contribution in [-0.2, 0) is 30.1 Å². The van der Waals surface area contributed by atoms with Crippen LogP contribution in [-0.4, -0.2) is 169 Å². The van der Waals surface area contributed by atoms with E-state index in [2.05, 4.69) is 0 Å². The van der Waals surface area contributed by atoms with Gasteiger partial charge in [0.1, 0.15) is 30.0 Å². The van der Waals surface area contributed by atoms with Crippen molar-refractivity contribution in [1.82, 2.24) is 0 Å². The Morgan fingerprint density at radius 3 is 1.46 bits per heavy atom. The summed E-state index contributed by atoms with van der Waals surface area (Å²) in [5, 5.41) is 222. The molecule has 11 rings (SSSR count). The number of hydrogen-bond acceptors (Lipinski definition) is 31. The van der Waals surface area contributed by atoms with Gasteiger partial charge in [-0.25, -0.2) is 24.0 Å². The third kappa shape index (κ3) is 8.66. The number of aliphatic hydroxyl groups excluding tert-OH is 1. The Morgan fingerprint density at radius 1 is 0.414 bits per heavy atom. The molecule has 0 radical (unpaired) electrons. The predicted molar refractivity (Wildman–Crippen MR) is 277 cm³/mol. The van der Waals surface area contributed by atoms with Crippen LogP contribution >= 0.6 is 0 Å². The highest BCUT2D eigenvalue weighted by Crippen LogP contribution is 2.62. The van der Waals surface area contributed by atoms with E-state index in [1.54, 1.807) is 0 Å². The lowest BCUT2D eigenvalue weighted by molar-refractivity contribution is -0.135. The van der Waals surface area contributed by atoms with Gasteiger partial charge in [-0.05, 0) is 48.0 Å². The zero-order chi connectivity index (χ0) is 63.0. The molecule has 0 saturated heterocycles. The summed E-state index contributed by atoms with van der Waals surface area (Å²) in [5.74, 6) is -37.9. The molecule has 0 fully saturated rings. The van der Waals surface area contributed by atoms with Crippen molar-refractivity contribution < 1.29 is 155 Å². The highest BCUT2D eigenvalue weighted by Gasteiger charge is 2.56. The molecule has 31 nitrogen and oxygen atoms in total. The fourth-order valence-electron chi connectivity index (χ4n) is 10.9. The maximum Gasteiger partial charge on any atom is 0.339 e. The molecule has 0 aliphatic carbocycles. The Balaban J connectivity index is 1.22. The summed E-state index contributed by atoms with van der Waals surface area (Å²) in [6.07, 6.45) is -15.4. The van der Waals surface area contributed by atoms with Crippen molar-refractivity contribution in [3.05, 3.63) is 105 Å². The van der Waals surface area contributed by atoms with Crippen molar-refractivity contribution in [2.45, 2.75) is 49.0 Å². The van der Waals surface area contributed by atoms with Gasteiger partial charge in [-0.15, -0.1) is 0 Å². The summed E-state index contributed by atoms with van der Waals surface area (Å²) in [4.78, 5) is 74.4. The molecule has 450 valence electrons. The van der Waals surface area contributed by atoms with E-state index >= 15 is 14.4 Å². The number of phenolic OH excluding ortho intramolecular Hbond substituents is 19. The zero-order valence-electron chi connectivity index (χ0n) is 43.1. The smallest absolute Gasteiger partial charge is 0.339 e. The van der Waals surface area contributed by atoms with E-state index in [-0.39, 0.29) is 5.56 Å². The summed E-state index contributed by atoms with van der Waals surface area (Å²) in [7, 11) is 0. The summed E-state index contributed by atoms with van der Waals surface area (Å²) in [5.41, 5.74) is -13.3. The molecule has 31 heteroatoms. The van der Waals surface area contributed by atoms with Crippen LogP contribution in [0.15, 0.2) is 54.6 Å². The number of rotatable bonds is 5. The molecule has 2 bridgehead atoms. The molecule has 87 heavy (non-hydrogen) atoms. The van der Waals surface area contributed by atoms with E-state index in [1.807, 2.05) is 0 Å². The molecule has 0 aromatic heterocycles. The lowest BCUT2D eigenvalue weighted by atomic mass is 9.74. The average molecular weight is 1210 g/mol. The molecule has 1 unspecified atom stereocenters. The molecule has 0 saturated carbocycles. The van der Waals surface area contributed by atoms with Crippen LogP contribution in [0, 0.1) is 0 Å². The van der Waals surface area contributed by atoms with Gasteiger partial charge in [0.15, 0.2) is 99.2 Å². The van der Waals surface area contributed by atoms with Crippen LogP contribution in [0.2, 0.25) is 0 Å². The predicted octanol–water partition coefficient (Wildman–Crippen LogP) is 3.30. The standard InChI is InChI=1S/C56H40O31/c57-18-2-1-12(3-19(18)58)48-26(65)6-14-27(83-48)10-20(59)32(37(14)66)35-34-36-33(45(74)47(76)46(34)75)31-17(9-25(64)41(70)44(31)73)55(80)87-51(50(35)86-56(36)81)49-28(84-52(77)13-4-21(60)38(67)22(61)5-13)11-82-53(78)15-7-23(62)39(68)42(71)29(15)30-16(54(79)85-49)8-24(63)40(69)43(30)72/h1-5,7-10,26,28,35,48-51,57-76H,6,11H2/t26-,28+,35-,48+,49+,50-,51?/m0/s1. The lowest BCUT2D eigenvalue weighted by Crippen LogP contribution is -2.56. The first-order chi connectivity index (χ1) is 41.0. The molecule has 7 aromatic rings. The first kappa shape index (κ1) is 56.7. The van der Waals surface area contributed by atoms with E-state index < -0.39 is 267 Å². The number of aromatic hydroxyl groups is 19. The number of cyclic esters (lactones) is 3. The largest absolute Gasteiger partial charge is 0.507 e. The van der Waals surface area contributed by atoms with Crippen LogP contribution in [0.25, 0.3) is 22.3 Å². The van der Waals surface area contributed by atoms with Gasteiger partial charge >= 0.3 is 29.8 Å². The van der Waals surface area contributed by atoms with Gasteiger partial charge in [-0.1, -0.05) is 6.07 Å². The SMILES string of the molecule is O=C(O[C@@H]1COC(=O)c2cc(O)c(O)c(O)c2-c2c(cc(O)c(O)c2O)C(=O)O[C@H]1C1OC(=O)c2cc(O)c(O)c(O)c2-c2c(O)c(O)c(O)c3c2C(=O)O[C@H]1[C@H]3c1c(O)cc2c(c1O)C[C@H](O)[C@@H](c1ccc(O)c(O)c1)O2)c1cc(O)c(O)c(O)c1. The van der Waals surface area contributed by atoms with Gasteiger partial charge in [-0.2, -0.15) is 0 Å². The number of hydrogen-bond donors (Lipinski definition) is 20. The third-order valence-electron chi connectivity index (χ3n) is 14.9. The Hall–Kier alpha value is -12.2. The molecule has 0 spiro atoms. The maximum absolute atomic E-state index is 15.3. The molecule has 4 aliphatic heterocycles. The van der Waals surface area contributed by atoms with E-state index in [1.165, 1.54) is 6.07 Å². The average Bonchev–Trinajstić information content (AvgIpc) is 0.968. The first-order valence-corrected chi connectivity index (χ1v) is 24.9. The fraction of sp³-hybridized carbons (Fsp3) is 0.161. The van der Waals surface area contributed by atoms with Gasteiger partial charge < -0.3 is 131 Å². The van der Waals surface area contributed by atoms with E-state index in [0.29, 0.717) is 30.3 Å². The van der Waals surface area contributed by atoms with E-state index in [9.17, 15) is 112 Å². The highest BCUT2D eigenvalue weighted by atomic mass is 16.6. The summed E-state index contributed by atoms with van der Waals surface area (Å²) < 4.78 is 35.1. The molecule has 20 N–H and O–H groups in total. The van der Waals surface area contributed by atoms with Crippen LogP contribution in [0.5, 0.6) is 115 Å². The van der Waals surface area contributed by atoms with Crippen molar-refractivity contribution in [2.75, 3.05) is 6.61 Å². The second kappa shape index (κ2) is 20.0. The van der Waals surface area contributed by atoms with E-state index in [4.69, 9.17) is 28.4 Å². The normalized spacial score (nSPS) is 20.4. The van der Waals surface area contributed by atoms with Crippen molar-refractivity contribution in [3.63, 3.8) is 0 Å². The Morgan fingerprint density at radius 2 is 0.908 bits per heavy atom. The van der Waals surface area contributed by atoms with Crippen molar-refractivity contribution >= 4 is 29.8 Å². The van der Waals surface area contributed by atoms with Crippen LogP contribution in [0.1, 0.15) is 86.1 Å². The second-order valence-electron chi connectivity index (χ2n) is 19.9. The third-order valence-corrected chi connectivity index (χ3v) is 14.9. The van der Waals surface area contributed by atoms with Gasteiger partial charge in [0.05, 0.1) is 39.8 Å². The van der Waals surface area contributed by atoms with Crippen LogP contribution in [0.3, 0.4) is 0 Å². The summed E-state index contributed by atoms with van der Waals surface area (Å²) >= 11 is 0. The Bertz CT molecular complexity index is 4220. The van der Waals surface area contributed by atoms with Gasteiger partial charge in [0.25, 0.3) is 0 Å². The zero-order valence-corrected chi connectivity index (χ0v) is 43.1. The maximum atomic E-state index is 15.3. The molecule has 0 amide bonds. The van der Waals surface area contributed by atoms with Gasteiger partial charge in [0.2, 0.25) is 23.0 Å². The topological polar surface area (TPSA) is 545 Å². The Kier molecular flexibility index (Phi) is 13.1. The Labute approximate surface area is 480 Å². The monoisotopic (exact) mass is 1210 g/mol. The second-order valence-corrected chi connectivity index (χ2v) is 19.9. The molecule has 4 aliphatic rings. The van der Waals surface area contributed by atoms with Crippen LogP contribution < -0.4 is 4.74 Å². The minimum Gasteiger partial charge on any atom is -0.507 e. The number of carbonyl (C=O) groups is 5. The number of phenols is 19. The molecular formula is C56H40O31. The first-order valence-electron chi connectivity index (χ1n) is 24.9. The van der Waals surface area contributed by atoms with Crippen molar-refractivity contribution in [2.24, 2.45) is 0 Å². The highest BCUT2D eigenvalue weighted by molar-refractivity contribution is 6.11. The van der Waals surface area contributed by atoms with Crippen molar-refractivity contribution in [3.8, 4) is 137 Å². The number of benzene rings is 7. The lowest BCUT2D eigenvalue weighted by Gasteiger charge is -2.43. The summed E-state index contributed by atoms with van der Waals surface area (Å²) in [6.45, 7) is -1.63. The molecule has 7 atom stereocenters. The van der Waals surface area contributed by atoms with Gasteiger partial charge in [-0.3, -0.25) is 0 Å². The van der Waals surface area contributed by atoms with Gasteiger partial charge in [0, 0.05) is 51.4 Å². The number of aliphatic hydroxyl groups is 1. The number of esters is 5. The van der Waals surface area contributed by atoms with Crippen LogP contribution in [0.4, 0.5) is 0 Å². The van der Waals surface area contributed by atoms with Crippen molar-refractivity contribution in [1.29, 1.82) is 0 Å². The molecular weight excluding hydrogens is 1170 g/mol. The fourth-order valence-corrected chi connectivity index (χ4v) is 10.9. The number of ether oxygens (including phenoxy) is 6. The minimum absolute atomic E-state index is 0.0205.